The zero-order chi connectivity index (χ0) is 16.9. The van der Waals surface area contributed by atoms with Crippen molar-refractivity contribution in [1.29, 1.82) is 0 Å². The summed E-state index contributed by atoms with van der Waals surface area (Å²) in [6.07, 6.45) is 6.87. The molecule has 0 atom stereocenters. The highest BCUT2D eigenvalue weighted by Crippen LogP contribution is 2.28. The number of para-hydroxylation sites is 1. The van der Waals surface area contributed by atoms with E-state index in [1.807, 2.05) is 19.1 Å². The average molecular weight is 343 g/mol. The first kappa shape index (κ1) is 17.0. The molecule has 0 unspecified atom stereocenters. The third kappa shape index (κ3) is 3.96. The van der Waals surface area contributed by atoms with Crippen LogP contribution in [0.2, 0.25) is 0 Å². The van der Waals surface area contributed by atoms with Crippen molar-refractivity contribution in [2.75, 3.05) is 5.32 Å². The van der Waals surface area contributed by atoms with Crippen LogP contribution in [0.3, 0.4) is 0 Å². The first-order chi connectivity index (χ1) is 11.7. The third-order valence-corrected chi connectivity index (χ3v) is 5.65. The van der Waals surface area contributed by atoms with E-state index in [9.17, 15) is 4.79 Å². The summed E-state index contributed by atoms with van der Waals surface area (Å²) < 4.78 is 0. The molecule has 0 saturated heterocycles. The zero-order valence-electron chi connectivity index (χ0n) is 14.4. The lowest BCUT2D eigenvalue weighted by atomic mass is 9.95. The quantitative estimate of drug-likeness (QED) is 0.818. The fourth-order valence-electron chi connectivity index (χ4n) is 3.22. The molecule has 4 nitrogen and oxygen atoms in total. The molecule has 5 heteroatoms. The molecule has 24 heavy (non-hydrogen) atoms. The van der Waals surface area contributed by atoms with Crippen molar-refractivity contribution in [2.24, 2.45) is 0 Å². The van der Waals surface area contributed by atoms with E-state index in [1.54, 1.807) is 0 Å². The molecular formula is C19H25N3OS. The number of nitrogens with zero attached hydrogens (tertiary/aromatic N) is 1. The molecule has 1 amide bonds. The maximum Gasteiger partial charge on any atom is 0.263 e. The van der Waals surface area contributed by atoms with Crippen LogP contribution in [0, 0.1) is 6.92 Å². The zero-order valence-corrected chi connectivity index (χ0v) is 15.2. The number of hydrogen-bond acceptors (Lipinski definition) is 4. The fraction of sp³-hybridized carbons (Fsp3) is 0.474. The van der Waals surface area contributed by atoms with Crippen molar-refractivity contribution in [2.45, 2.75) is 58.4 Å². The number of anilines is 2. The molecule has 0 spiro atoms. The van der Waals surface area contributed by atoms with E-state index < -0.39 is 0 Å². The van der Waals surface area contributed by atoms with E-state index in [2.05, 4.69) is 34.7 Å². The maximum absolute atomic E-state index is 12.6. The van der Waals surface area contributed by atoms with Gasteiger partial charge in [-0.15, -0.1) is 0 Å². The number of benzene rings is 1. The van der Waals surface area contributed by atoms with Crippen molar-refractivity contribution >= 4 is 28.1 Å². The van der Waals surface area contributed by atoms with E-state index in [4.69, 9.17) is 0 Å². The largest absolute Gasteiger partial charge is 0.349 e. The summed E-state index contributed by atoms with van der Waals surface area (Å²) in [5.41, 5.74) is 3.11. The van der Waals surface area contributed by atoms with Crippen molar-refractivity contribution < 1.29 is 4.79 Å². The third-order valence-electron chi connectivity index (χ3n) is 4.58. The van der Waals surface area contributed by atoms with E-state index in [-0.39, 0.29) is 5.91 Å². The summed E-state index contributed by atoms with van der Waals surface area (Å²) in [5, 5.41) is 7.33. The van der Waals surface area contributed by atoms with Crippen molar-refractivity contribution in [3.8, 4) is 0 Å². The van der Waals surface area contributed by atoms with Gasteiger partial charge in [-0.3, -0.25) is 4.79 Å². The predicted molar refractivity (Wildman–Crippen MR) is 100 cm³/mol. The SMILES string of the molecule is CCc1ccccc1Nc1nc(C)c(C(=O)NC2CCCCC2)s1. The topological polar surface area (TPSA) is 54.0 Å². The van der Waals surface area contributed by atoms with E-state index in [1.165, 1.54) is 36.2 Å². The second-order valence-electron chi connectivity index (χ2n) is 6.38. The Morgan fingerprint density at radius 2 is 2.00 bits per heavy atom. The Bertz CT molecular complexity index is 704. The first-order valence-electron chi connectivity index (χ1n) is 8.80. The van der Waals surface area contributed by atoms with Crippen LogP contribution < -0.4 is 10.6 Å². The number of amides is 1. The predicted octanol–water partition coefficient (Wildman–Crippen LogP) is 4.82. The van der Waals surface area contributed by atoms with Crippen LogP contribution in [-0.4, -0.2) is 16.9 Å². The van der Waals surface area contributed by atoms with Crippen LogP contribution in [-0.2, 0) is 6.42 Å². The number of aryl methyl sites for hydroxylation is 2. The van der Waals surface area contributed by atoms with Crippen molar-refractivity contribution in [1.82, 2.24) is 10.3 Å². The van der Waals surface area contributed by atoms with Crippen molar-refractivity contribution in [3.63, 3.8) is 0 Å². The standard InChI is InChI=1S/C19H25N3OS/c1-3-14-9-7-8-12-16(14)22-19-20-13(2)17(24-19)18(23)21-15-10-5-4-6-11-15/h7-9,12,15H,3-6,10-11H2,1-2H3,(H,20,22)(H,21,23). The monoisotopic (exact) mass is 343 g/mol. The van der Waals surface area contributed by atoms with Crippen LogP contribution in [0.4, 0.5) is 10.8 Å². The van der Waals surface area contributed by atoms with Gasteiger partial charge in [0, 0.05) is 11.7 Å². The Morgan fingerprint density at radius 1 is 1.25 bits per heavy atom. The lowest BCUT2D eigenvalue weighted by molar-refractivity contribution is 0.0931. The van der Waals surface area contributed by atoms with Crippen LogP contribution in [0.25, 0.3) is 0 Å². The minimum Gasteiger partial charge on any atom is -0.349 e. The number of thiazole rings is 1. The molecule has 2 N–H and O–H groups in total. The minimum atomic E-state index is 0.0220. The molecule has 3 rings (SSSR count). The lowest BCUT2D eigenvalue weighted by Crippen LogP contribution is -2.36. The summed E-state index contributed by atoms with van der Waals surface area (Å²) in [5.74, 6) is 0.0220. The minimum absolute atomic E-state index is 0.0220. The Balaban J connectivity index is 1.71. The van der Waals surface area contributed by atoms with Crippen LogP contribution >= 0.6 is 11.3 Å². The van der Waals surface area contributed by atoms with E-state index >= 15 is 0 Å². The smallest absolute Gasteiger partial charge is 0.263 e. The molecule has 1 fully saturated rings. The summed E-state index contributed by atoms with van der Waals surface area (Å²) in [7, 11) is 0. The van der Waals surface area contributed by atoms with Gasteiger partial charge in [-0.05, 0) is 37.8 Å². The average Bonchev–Trinajstić information content (AvgIpc) is 2.97. The lowest BCUT2D eigenvalue weighted by Gasteiger charge is -2.22. The van der Waals surface area contributed by atoms with Gasteiger partial charge >= 0.3 is 0 Å². The number of carbonyl (C=O) groups is 1. The molecule has 1 saturated carbocycles. The summed E-state index contributed by atoms with van der Waals surface area (Å²) >= 11 is 1.44. The number of carbonyl (C=O) groups excluding carboxylic acids is 1. The highest BCUT2D eigenvalue weighted by Gasteiger charge is 2.20. The number of hydrogen-bond donors (Lipinski definition) is 2. The summed E-state index contributed by atoms with van der Waals surface area (Å²) in [6.45, 7) is 4.04. The second-order valence-corrected chi connectivity index (χ2v) is 7.38. The van der Waals surface area contributed by atoms with Gasteiger partial charge in [0.05, 0.1) is 5.69 Å². The molecule has 0 bridgehead atoms. The molecule has 1 aromatic heterocycles. The highest BCUT2D eigenvalue weighted by atomic mass is 32.1. The summed E-state index contributed by atoms with van der Waals surface area (Å²) in [6, 6.07) is 8.54. The Labute approximate surface area is 147 Å². The van der Waals surface area contributed by atoms with Gasteiger partial charge in [0.1, 0.15) is 4.88 Å². The van der Waals surface area contributed by atoms with Crippen LogP contribution in [0.5, 0.6) is 0 Å². The van der Waals surface area contributed by atoms with E-state index in [0.717, 1.165) is 40.7 Å². The number of rotatable bonds is 5. The Morgan fingerprint density at radius 3 is 2.75 bits per heavy atom. The van der Waals surface area contributed by atoms with Gasteiger partial charge in [-0.2, -0.15) is 0 Å². The van der Waals surface area contributed by atoms with Crippen LogP contribution in [0.1, 0.15) is 60.0 Å². The highest BCUT2D eigenvalue weighted by molar-refractivity contribution is 7.17. The van der Waals surface area contributed by atoms with Crippen molar-refractivity contribution in [3.05, 3.63) is 40.4 Å². The Kier molecular flexibility index (Phi) is 5.51. The number of nitrogens with one attached hydrogen (secondary N) is 2. The van der Waals surface area contributed by atoms with Gasteiger partial charge < -0.3 is 10.6 Å². The van der Waals surface area contributed by atoms with Gasteiger partial charge in [0.15, 0.2) is 5.13 Å². The van der Waals surface area contributed by atoms with E-state index in [0.29, 0.717) is 6.04 Å². The molecule has 0 radical (unpaired) electrons. The molecule has 0 aliphatic heterocycles. The molecular weight excluding hydrogens is 318 g/mol. The fourth-order valence-corrected chi connectivity index (χ4v) is 4.11. The molecule has 1 aliphatic carbocycles. The molecule has 128 valence electrons. The van der Waals surface area contributed by atoms with Gasteiger partial charge in [0.25, 0.3) is 5.91 Å². The van der Waals surface area contributed by atoms with Gasteiger partial charge in [0.2, 0.25) is 0 Å². The Hall–Kier alpha value is -1.88. The molecule has 1 heterocycles. The molecule has 2 aromatic rings. The molecule has 1 aromatic carbocycles. The first-order valence-corrected chi connectivity index (χ1v) is 9.62. The number of aromatic nitrogens is 1. The second kappa shape index (κ2) is 7.79. The van der Waals surface area contributed by atoms with Crippen LogP contribution in [0.15, 0.2) is 24.3 Å². The maximum atomic E-state index is 12.6. The molecule has 1 aliphatic rings. The van der Waals surface area contributed by atoms with Gasteiger partial charge in [-0.1, -0.05) is 55.7 Å². The van der Waals surface area contributed by atoms with Gasteiger partial charge in [-0.25, -0.2) is 4.98 Å². The normalized spacial score (nSPS) is 15.2. The summed E-state index contributed by atoms with van der Waals surface area (Å²) in [4.78, 5) is 17.8.